The first-order chi connectivity index (χ1) is 10.1. The Labute approximate surface area is 129 Å². The maximum absolute atomic E-state index is 4.31. The van der Waals surface area contributed by atoms with Gasteiger partial charge < -0.3 is 9.88 Å². The Bertz CT molecular complexity index is 528. The van der Waals surface area contributed by atoms with Crippen LogP contribution >= 0.6 is 0 Å². The van der Waals surface area contributed by atoms with Crippen molar-refractivity contribution in [1.82, 2.24) is 9.88 Å². The first-order valence-electron chi connectivity index (χ1n) is 8.37. The van der Waals surface area contributed by atoms with Crippen molar-refractivity contribution in [2.45, 2.75) is 72.4 Å². The van der Waals surface area contributed by atoms with Crippen LogP contribution in [0.5, 0.6) is 0 Å². The smallest absolute Gasteiger partial charge is 0.0442 e. The van der Waals surface area contributed by atoms with Crippen molar-refractivity contribution in [1.29, 1.82) is 0 Å². The van der Waals surface area contributed by atoms with Gasteiger partial charge >= 0.3 is 0 Å². The molecule has 0 unspecified atom stereocenters. The molecule has 0 atom stereocenters. The van der Waals surface area contributed by atoms with Gasteiger partial charge in [-0.15, -0.1) is 0 Å². The van der Waals surface area contributed by atoms with Crippen molar-refractivity contribution < 1.29 is 0 Å². The van der Waals surface area contributed by atoms with E-state index in [0.717, 1.165) is 12.2 Å². The fourth-order valence-electron chi connectivity index (χ4n) is 3.40. The molecule has 2 rings (SSSR count). The highest BCUT2D eigenvalue weighted by Gasteiger charge is 2.17. The van der Waals surface area contributed by atoms with Crippen molar-refractivity contribution >= 4 is 11.3 Å². The predicted octanol–water partition coefficient (Wildman–Crippen LogP) is 5.13. The minimum atomic E-state index is 0.613. The van der Waals surface area contributed by atoms with E-state index in [9.17, 15) is 0 Å². The summed E-state index contributed by atoms with van der Waals surface area (Å²) in [7, 11) is 0. The molecule has 1 N–H and O–H groups in total. The Kier molecular flexibility index (Phi) is 5.33. The summed E-state index contributed by atoms with van der Waals surface area (Å²) in [5, 5.41) is 3.67. The first-order valence-corrected chi connectivity index (χ1v) is 8.37. The zero-order valence-corrected chi connectivity index (χ0v) is 14.1. The highest BCUT2D eigenvalue weighted by molar-refractivity contribution is 5.71. The quantitative estimate of drug-likeness (QED) is 0.793. The topological polar surface area (TPSA) is 17.0 Å². The molecular weight excluding hydrogens is 256 g/mol. The number of nitrogens with zero attached hydrogens (tertiary/aromatic N) is 1. The van der Waals surface area contributed by atoms with Crippen LogP contribution in [0.25, 0.3) is 11.3 Å². The molecule has 2 heteroatoms. The lowest BCUT2D eigenvalue weighted by Gasteiger charge is -2.25. The van der Waals surface area contributed by atoms with E-state index in [2.05, 4.69) is 56.3 Å². The molecule has 0 radical (unpaired) electrons. The first kappa shape index (κ1) is 15.9. The lowest BCUT2D eigenvalue weighted by Crippen LogP contribution is -2.29. The Morgan fingerprint density at radius 1 is 1.38 bits per heavy atom. The van der Waals surface area contributed by atoms with Crippen LogP contribution in [0, 0.1) is 6.92 Å². The monoisotopic (exact) mass is 286 g/mol. The minimum absolute atomic E-state index is 0.613. The van der Waals surface area contributed by atoms with Crippen molar-refractivity contribution in [2.24, 2.45) is 0 Å². The van der Waals surface area contributed by atoms with E-state index in [0.29, 0.717) is 6.04 Å². The standard InChI is InChI=1S/C19H30N2/c1-6-14(3)19-13-18(16(5)21(19)7-2)15(4)20-17-11-9-8-10-12-17/h6,13,17,20H,4,7-12H2,1-3,5H3/b14-6+. The molecule has 21 heavy (non-hydrogen) atoms. The van der Waals surface area contributed by atoms with Gasteiger partial charge in [0, 0.05) is 35.2 Å². The normalized spacial score (nSPS) is 17.0. The molecule has 1 aliphatic rings. The lowest BCUT2D eigenvalue weighted by molar-refractivity contribution is 0.409. The summed E-state index contributed by atoms with van der Waals surface area (Å²) >= 11 is 0. The van der Waals surface area contributed by atoms with Gasteiger partial charge in [0.1, 0.15) is 0 Å². The molecule has 116 valence electrons. The average Bonchev–Trinajstić information content (AvgIpc) is 2.84. The van der Waals surface area contributed by atoms with Gasteiger partial charge in [0.05, 0.1) is 0 Å². The molecule has 0 spiro atoms. The fraction of sp³-hybridized carbons (Fsp3) is 0.579. The molecule has 0 saturated heterocycles. The van der Waals surface area contributed by atoms with Crippen LogP contribution in [0.4, 0.5) is 0 Å². The van der Waals surface area contributed by atoms with Crippen molar-refractivity contribution in [3.8, 4) is 0 Å². The zero-order chi connectivity index (χ0) is 15.4. The SMILES string of the molecule is C=C(NC1CCCCC1)c1cc(/C(C)=C/C)n(CC)c1C. The van der Waals surface area contributed by atoms with E-state index in [1.165, 1.54) is 54.6 Å². The summed E-state index contributed by atoms with van der Waals surface area (Å²) in [5.74, 6) is 0. The Balaban J connectivity index is 2.22. The summed E-state index contributed by atoms with van der Waals surface area (Å²) < 4.78 is 2.39. The molecule has 1 aromatic rings. The molecule has 0 amide bonds. The van der Waals surface area contributed by atoms with Crippen molar-refractivity contribution in [3.63, 3.8) is 0 Å². The number of rotatable bonds is 5. The van der Waals surface area contributed by atoms with E-state index in [1.807, 2.05) is 0 Å². The molecule has 1 heterocycles. The third-order valence-electron chi connectivity index (χ3n) is 4.83. The molecule has 1 aromatic heterocycles. The molecule has 1 aliphatic carbocycles. The second-order valence-corrected chi connectivity index (χ2v) is 6.20. The maximum atomic E-state index is 4.31. The Morgan fingerprint density at radius 3 is 2.62 bits per heavy atom. The van der Waals surface area contributed by atoms with Crippen molar-refractivity contribution in [2.75, 3.05) is 0 Å². The van der Waals surface area contributed by atoms with Crippen LogP contribution in [0.1, 0.15) is 69.8 Å². The average molecular weight is 286 g/mol. The molecule has 2 nitrogen and oxygen atoms in total. The van der Waals surface area contributed by atoms with Gasteiger partial charge in [-0.2, -0.15) is 0 Å². The van der Waals surface area contributed by atoms with Gasteiger partial charge in [0.2, 0.25) is 0 Å². The molecule has 0 bridgehead atoms. The Morgan fingerprint density at radius 2 is 2.05 bits per heavy atom. The van der Waals surface area contributed by atoms with E-state index in [1.54, 1.807) is 0 Å². The summed E-state index contributed by atoms with van der Waals surface area (Å²) in [5.41, 5.74) is 6.34. The summed E-state index contributed by atoms with van der Waals surface area (Å²) in [6, 6.07) is 2.91. The summed E-state index contributed by atoms with van der Waals surface area (Å²) in [6.45, 7) is 14.0. The van der Waals surface area contributed by atoms with Crippen LogP contribution in [0.3, 0.4) is 0 Å². The molecule has 0 aromatic carbocycles. The van der Waals surface area contributed by atoms with E-state index < -0.39 is 0 Å². The Hall–Kier alpha value is -1.44. The van der Waals surface area contributed by atoms with Crippen LogP contribution in [-0.4, -0.2) is 10.6 Å². The minimum Gasteiger partial charge on any atom is -0.382 e. The lowest BCUT2D eigenvalue weighted by atomic mass is 9.95. The van der Waals surface area contributed by atoms with Crippen LogP contribution < -0.4 is 5.32 Å². The summed E-state index contributed by atoms with van der Waals surface area (Å²) in [4.78, 5) is 0. The van der Waals surface area contributed by atoms with Crippen LogP contribution in [-0.2, 0) is 6.54 Å². The van der Waals surface area contributed by atoms with Gasteiger partial charge in [-0.05, 0) is 52.2 Å². The highest BCUT2D eigenvalue weighted by atomic mass is 15.0. The predicted molar refractivity (Wildman–Crippen MR) is 93.2 cm³/mol. The molecule has 1 fully saturated rings. The van der Waals surface area contributed by atoms with Gasteiger partial charge in [-0.3, -0.25) is 0 Å². The fourth-order valence-corrected chi connectivity index (χ4v) is 3.40. The third-order valence-corrected chi connectivity index (χ3v) is 4.83. The molecular formula is C19H30N2. The zero-order valence-electron chi connectivity index (χ0n) is 14.1. The van der Waals surface area contributed by atoms with E-state index in [4.69, 9.17) is 0 Å². The van der Waals surface area contributed by atoms with Gasteiger partial charge in [-0.25, -0.2) is 0 Å². The molecule has 0 aliphatic heterocycles. The van der Waals surface area contributed by atoms with Crippen LogP contribution in [0.15, 0.2) is 18.7 Å². The second kappa shape index (κ2) is 7.02. The largest absolute Gasteiger partial charge is 0.382 e. The highest BCUT2D eigenvalue weighted by Crippen LogP contribution is 2.27. The number of hydrogen-bond donors (Lipinski definition) is 1. The number of allylic oxidation sites excluding steroid dienone is 2. The second-order valence-electron chi connectivity index (χ2n) is 6.20. The molecule has 1 saturated carbocycles. The maximum Gasteiger partial charge on any atom is 0.0442 e. The summed E-state index contributed by atoms with van der Waals surface area (Å²) in [6.07, 6.45) is 8.84. The van der Waals surface area contributed by atoms with Gasteiger partial charge in [-0.1, -0.05) is 31.9 Å². The van der Waals surface area contributed by atoms with E-state index in [-0.39, 0.29) is 0 Å². The van der Waals surface area contributed by atoms with E-state index >= 15 is 0 Å². The van der Waals surface area contributed by atoms with Crippen molar-refractivity contribution in [3.05, 3.63) is 35.7 Å². The van der Waals surface area contributed by atoms with Gasteiger partial charge in [0.15, 0.2) is 0 Å². The van der Waals surface area contributed by atoms with Gasteiger partial charge in [0.25, 0.3) is 0 Å². The van der Waals surface area contributed by atoms with Crippen LogP contribution in [0.2, 0.25) is 0 Å². The number of aromatic nitrogens is 1. The third kappa shape index (κ3) is 3.42. The number of nitrogens with one attached hydrogen (secondary N) is 1. The number of hydrogen-bond acceptors (Lipinski definition) is 1.